The van der Waals surface area contributed by atoms with Gasteiger partial charge in [-0.2, -0.15) is 5.26 Å². The standard InChI is InChI=1S/C11H10FN3O3/c12-10-5-8(15(16)17)1-2-11(10)14-3-4-18-9(6-13)7-14/h1-2,5,9H,3-4,7H2. The number of nitro groups is 1. The summed E-state index contributed by atoms with van der Waals surface area (Å²) in [5.41, 5.74) is -0.0366. The largest absolute Gasteiger partial charge is 0.363 e. The van der Waals surface area contributed by atoms with Crippen molar-refractivity contribution in [2.24, 2.45) is 0 Å². The zero-order chi connectivity index (χ0) is 13.1. The average molecular weight is 251 g/mol. The minimum Gasteiger partial charge on any atom is -0.363 e. The predicted molar refractivity (Wildman–Crippen MR) is 60.6 cm³/mol. The van der Waals surface area contributed by atoms with Gasteiger partial charge in [0.25, 0.3) is 5.69 Å². The van der Waals surface area contributed by atoms with Crippen molar-refractivity contribution in [2.45, 2.75) is 6.10 Å². The Bertz CT molecular complexity index is 515. The summed E-state index contributed by atoms with van der Waals surface area (Å²) >= 11 is 0. The van der Waals surface area contributed by atoms with Gasteiger partial charge in [-0.25, -0.2) is 4.39 Å². The first kappa shape index (κ1) is 12.3. The van der Waals surface area contributed by atoms with Crippen LogP contribution in [0.5, 0.6) is 0 Å². The molecule has 0 aromatic heterocycles. The summed E-state index contributed by atoms with van der Waals surface area (Å²) in [7, 11) is 0. The zero-order valence-electron chi connectivity index (χ0n) is 9.38. The first-order chi connectivity index (χ1) is 8.61. The third kappa shape index (κ3) is 2.38. The number of hydrogen-bond donors (Lipinski definition) is 0. The third-order valence-electron chi connectivity index (χ3n) is 2.69. The van der Waals surface area contributed by atoms with E-state index in [4.69, 9.17) is 10.00 Å². The Hall–Kier alpha value is -2.20. The van der Waals surface area contributed by atoms with Gasteiger partial charge in [0.1, 0.15) is 0 Å². The summed E-state index contributed by atoms with van der Waals surface area (Å²) in [6.45, 7) is 1.03. The van der Waals surface area contributed by atoms with Crippen molar-refractivity contribution in [3.63, 3.8) is 0 Å². The molecule has 0 spiro atoms. The molecule has 1 saturated heterocycles. The van der Waals surface area contributed by atoms with Gasteiger partial charge >= 0.3 is 0 Å². The molecule has 0 bridgehead atoms. The second-order valence-corrected chi connectivity index (χ2v) is 3.83. The molecule has 0 amide bonds. The minimum absolute atomic E-state index is 0.254. The van der Waals surface area contributed by atoms with Crippen LogP contribution in [0.4, 0.5) is 15.8 Å². The topological polar surface area (TPSA) is 79.4 Å². The number of nitrogens with zero attached hydrogens (tertiary/aromatic N) is 3. The van der Waals surface area contributed by atoms with Crippen LogP contribution in [0.25, 0.3) is 0 Å². The van der Waals surface area contributed by atoms with Gasteiger partial charge < -0.3 is 9.64 Å². The van der Waals surface area contributed by atoms with Crippen LogP contribution in [0.1, 0.15) is 0 Å². The fourth-order valence-corrected chi connectivity index (χ4v) is 1.81. The number of halogens is 1. The second-order valence-electron chi connectivity index (χ2n) is 3.83. The molecule has 2 rings (SSSR count). The molecule has 1 aromatic rings. The number of rotatable bonds is 2. The first-order valence-corrected chi connectivity index (χ1v) is 5.32. The van der Waals surface area contributed by atoms with Gasteiger partial charge in [-0.1, -0.05) is 0 Å². The molecule has 1 aliphatic rings. The molecule has 0 aliphatic carbocycles. The molecule has 1 aromatic carbocycles. The number of ether oxygens (including phenoxy) is 1. The Morgan fingerprint density at radius 1 is 1.61 bits per heavy atom. The Labute approximate surface area is 102 Å². The molecule has 6 nitrogen and oxygen atoms in total. The van der Waals surface area contributed by atoms with Crippen LogP contribution in [0, 0.1) is 27.3 Å². The van der Waals surface area contributed by atoms with E-state index in [2.05, 4.69) is 0 Å². The summed E-state index contributed by atoms with van der Waals surface area (Å²) in [6.07, 6.45) is -0.603. The molecule has 7 heteroatoms. The number of nitro benzene ring substituents is 1. The first-order valence-electron chi connectivity index (χ1n) is 5.32. The van der Waals surface area contributed by atoms with Crippen molar-refractivity contribution in [3.05, 3.63) is 34.1 Å². The molecule has 1 heterocycles. The SMILES string of the molecule is N#CC1CN(c2ccc([N+](=O)[O-])cc2F)CCO1. The molecule has 1 atom stereocenters. The summed E-state index contributed by atoms with van der Waals surface area (Å²) in [4.78, 5) is 11.5. The number of hydrogen-bond acceptors (Lipinski definition) is 5. The predicted octanol–water partition coefficient (Wildman–Crippen LogP) is 1.46. The monoisotopic (exact) mass is 251 g/mol. The number of anilines is 1. The summed E-state index contributed by atoms with van der Waals surface area (Å²) in [6, 6.07) is 5.44. The highest BCUT2D eigenvalue weighted by atomic mass is 19.1. The maximum Gasteiger partial charge on any atom is 0.272 e. The van der Waals surface area contributed by atoms with Gasteiger partial charge in [-0.15, -0.1) is 0 Å². The molecule has 0 radical (unpaired) electrons. The molecule has 0 saturated carbocycles. The minimum atomic E-state index is -0.664. The van der Waals surface area contributed by atoms with E-state index in [9.17, 15) is 14.5 Å². The Balaban J connectivity index is 2.23. The Morgan fingerprint density at radius 2 is 2.39 bits per heavy atom. The van der Waals surface area contributed by atoms with Gasteiger partial charge in [0.05, 0.1) is 35.9 Å². The van der Waals surface area contributed by atoms with E-state index in [-0.39, 0.29) is 17.9 Å². The molecule has 1 fully saturated rings. The smallest absolute Gasteiger partial charge is 0.272 e. The molecule has 18 heavy (non-hydrogen) atoms. The lowest BCUT2D eigenvalue weighted by molar-refractivity contribution is -0.385. The summed E-state index contributed by atoms with van der Waals surface area (Å²) in [5, 5.41) is 19.3. The normalized spacial score (nSPS) is 19.3. The van der Waals surface area contributed by atoms with Crippen molar-refractivity contribution in [1.82, 2.24) is 0 Å². The van der Waals surface area contributed by atoms with Gasteiger partial charge in [0.2, 0.25) is 0 Å². The van der Waals surface area contributed by atoms with E-state index in [1.807, 2.05) is 6.07 Å². The van der Waals surface area contributed by atoms with E-state index in [1.54, 1.807) is 4.90 Å². The fraction of sp³-hybridized carbons (Fsp3) is 0.364. The van der Waals surface area contributed by atoms with E-state index in [0.717, 1.165) is 6.07 Å². The van der Waals surface area contributed by atoms with Crippen LogP contribution in [0.3, 0.4) is 0 Å². The third-order valence-corrected chi connectivity index (χ3v) is 2.69. The average Bonchev–Trinajstić information content (AvgIpc) is 2.38. The Morgan fingerprint density at radius 3 is 3.00 bits per heavy atom. The van der Waals surface area contributed by atoms with Crippen LogP contribution >= 0.6 is 0 Å². The number of morpholine rings is 1. The van der Waals surface area contributed by atoms with Crippen molar-refractivity contribution in [2.75, 3.05) is 24.6 Å². The molecular formula is C11H10FN3O3. The van der Waals surface area contributed by atoms with Gasteiger partial charge in [0, 0.05) is 12.6 Å². The second kappa shape index (κ2) is 4.98. The molecule has 1 unspecified atom stereocenters. The number of benzene rings is 1. The van der Waals surface area contributed by atoms with Crippen LogP contribution in [-0.4, -0.2) is 30.7 Å². The molecular weight excluding hydrogens is 241 g/mol. The van der Waals surface area contributed by atoms with Crippen LogP contribution in [0.2, 0.25) is 0 Å². The summed E-state index contributed by atoms with van der Waals surface area (Å²) in [5.74, 6) is -0.664. The highest BCUT2D eigenvalue weighted by molar-refractivity contribution is 5.52. The fourth-order valence-electron chi connectivity index (χ4n) is 1.81. The van der Waals surface area contributed by atoms with Crippen molar-refractivity contribution in [1.29, 1.82) is 5.26 Å². The lowest BCUT2D eigenvalue weighted by Crippen LogP contribution is -2.42. The van der Waals surface area contributed by atoms with E-state index in [0.29, 0.717) is 13.2 Å². The molecule has 1 aliphatic heterocycles. The maximum absolute atomic E-state index is 13.8. The number of nitriles is 1. The van der Waals surface area contributed by atoms with Crippen molar-refractivity contribution >= 4 is 11.4 Å². The Kier molecular flexibility index (Phi) is 3.39. The zero-order valence-corrected chi connectivity index (χ0v) is 9.38. The van der Waals surface area contributed by atoms with Crippen molar-refractivity contribution < 1.29 is 14.1 Å². The lowest BCUT2D eigenvalue weighted by atomic mass is 10.2. The highest BCUT2D eigenvalue weighted by Gasteiger charge is 2.23. The van der Waals surface area contributed by atoms with Crippen molar-refractivity contribution in [3.8, 4) is 6.07 Å². The maximum atomic E-state index is 13.8. The number of non-ortho nitro benzene ring substituents is 1. The van der Waals surface area contributed by atoms with Gasteiger partial charge in [0.15, 0.2) is 11.9 Å². The van der Waals surface area contributed by atoms with E-state index in [1.165, 1.54) is 12.1 Å². The molecule has 0 N–H and O–H groups in total. The van der Waals surface area contributed by atoms with Crippen LogP contribution in [-0.2, 0) is 4.74 Å². The lowest BCUT2D eigenvalue weighted by Gasteiger charge is -2.31. The van der Waals surface area contributed by atoms with Gasteiger partial charge in [-0.05, 0) is 6.07 Å². The van der Waals surface area contributed by atoms with Crippen LogP contribution < -0.4 is 4.90 Å². The van der Waals surface area contributed by atoms with Crippen LogP contribution in [0.15, 0.2) is 18.2 Å². The van der Waals surface area contributed by atoms with E-state index >= 15 is 0 Å². The quantitative estimate of drug-likeness (QED) is 0.587. The van der Waals surface area contributed by atoms with Gasteiger partial charge in [-0.3, -0.25) is 10.1 Å². The highest BCUT2D eigenvalue weighted by Crippen LogP contribution is 2.25. The summed E-state index contributed by atoms with van der Waals surface area (Å²) < 4.78 is 18.9. The van der Waals surface area contributed by atoms with E-state index < -0.39 is 16.8 Å². The molecule has 94 valence electrons.